The summed E-state index contributed by atoms with van der Waals surface area (Å²) in [5.74, 6) is 2.55. The Morgan fingerprint density at radius 3 is 2.15 bits per heavy atom. The van der Waals surface area contributed by atoms with E-state index in [1.165, 1.54) is 38.5 Å². The van der Waals surface area contributed by atoms with E-state index in [0.29, 0.717) is 31.2 Å². The second-order valence-electron chi connectivity index (χ2n) is 10.2. The number of ether oxygens (including phenoxy) is 3. The second kappa shape index (κ2) is 8.89. The number of nitrogens with zero attached hydrogens (tertiary/aromatic N) is 1. The van der Waals surface area contributed by atoms with E-state index in [1.807, 2.05) is 0 Å². The Balaban J connectivity index is 1.21. The molecule has 0 saturated heterocycles. The van der Waals surface area contributed by atoms with Crippen LogP contribution in [0.15, 0.2) is 0 Å². The molecule has 0 spiro atoms. The summed E-state index contributed by atoms with van der Waals surface area (Å²) in [5.41, 5.74) is 0.737. The summed E-state index contributed by atoms with van der Waals surface area (Å²) in [6.45, 7) is 12.7. The van der Waals surface area contributed by atoms with E-state index in [-0.39, 0.29) is 5.60 Å². The maximum absolute atomic E-state index is 6.43. The van der Waals surface area contributed by atoms with Gasteiger partial charge in [0.2, 0.25) is 0 Å². The van der Waals surface area contributed by atoms with Gasteiger partial charge in [-0.3, -0.25) is 0 Å². The predicted molar refractivity (Wildman–Crippen MR) is 105 cm³/mol. The molecule has 4 rings (SSSR count). The van der Waals surface area contributed by atoms with Gasteiger partial charge in [-0.1, -0.05) is 20.8 Å². The van der Waals surface area contributed by atoms with Crippen molar-refractivity contribution in [2.45, 2.75) is 64.9 Å². The van der Waals surface area contributed by atoms with Crippen LogP contribution in [0.25, 0.3) is 0 Å². The minimum atomic E-state index is 0.180. The summed E-state index contributed by atoms with van der Waals surface area (Å²) >= 11 is 0. The smallest absolute Gasteiger partial charge is 0.0708 e. The summed E-state index contributed by atoms with van der Waals surface area (Å²) in [6, 6.07) is 0. The molecule has 4 bridgehead atoms. The molecule has 0 N–H and O–H groups in total. The maximum atomic E-state index is 6.43. The van der Waals surface area contributed by atoms with Crippen LogP contribution in [0.3, 0.4) is 0 Å². The summed E-state index contributed by atoms with van der Waals surface area (Å²) < 4.78 is 17.8. The monoisotopic (exact) mass is 367 g/mol. The first kappa shape index (κ1) is 20.6. The largest absolute Gasteiger partial charge is 0.378 e. The Bertz CT molecular complexity index is 425. The molecule has 0 heterocycles. The van der Waals surface area contributed by atoms with Crippen molar-refractivity contribution >= 4 is 0 Å². The van der Waals surface area contributed by atoms with Crippen molar-refractivity contribution in [3.63, 3.8) is 0 Å². The summed E-state index contributed by atoms with van der Waals surface area (Å²) in [4.78, 5) is 2.32. The Labute approximate surface area is 160 Å². The van der Waals surface area contributed by atoms with Gasteiger partial charge in [-0.2, -0.15) is 0 Å². The second-order valence-corrected chi connectivity index (χ2v) is 10.2. The molecule has 0 aromatic heterocycles. The van der Waals surface area contributed by atoms with Crippen LogP contribution >= 0.6 is 0 Å². The highest BCUT2D eigenvalue weighted by Crippen LogP contribution is 2.62. The zero-order valence-corrected chi connectivity index (χ0v) is 17.6. The number of hydrogen-bond donors (Lipinski definition) is 0. The quantitative estimate of drug-likeness (QED) is 0.488. The third kappa shape index (κ3) is 5.67. The molecule has 2 atom stereocenters. The van der Waals surface area contributed by atoms with Crippen LogP contribution < -0.4 is 0 Å². The van der Waals surface area contributed by atoms with Crippen LogP contribution in [0, 0.1) is 23.2 Å². The van der Waals surface area contributed by atoms with Crippen LogP contribution in [-0.4, -0.2) is 63.7 Å². The Morgan fingerprint density at radius 1 is 0.923 bits per heavy atom. The van der Waals surface area contributed by atoms with Gasteiger partial charge in [0.15, 0.2) is 0 Å². The van der Waals surface area contributed by atoms with Crippen molar-refractivity contribution in [1.29, 1.82) is 0 Å². The van der Waals surface area contributed by atoms with Crippen molar-refractivity contribution in [2.24, 2.45) is 23.2 Å². The zero-order chi connectivity index (χ0) is 18.6. The summed E-state index contributed by atoms with van der Waals surface area (Å²) in [5, 5.41) is 0. The summed E-state index contributed by atoms with van der Waals surface area (Å²) in [7, 11) is 2.15. The number of hydrogen-bond acceptors (Lipinski definition) is 4. The van der Waals surface area contributed by atoms with Crippen LogP contribution in [0.5, 0.6) is 0 Å². The third-order valence-electron chi connectivity index (χ3n) is 6.60. The van der Waals surface area contributed by atoms with E-state index in [9.17, 15) is 0 Å². The molecule has 0 aromatic rings. The van der Waals surface area contributed by atoms with Crippen LogP contribution in [-0.2, 0) is 14.2 Å². The molecule has 4 heteroatoms. The molecule has 4 aliphatic carbocycles. The van der Waals surface area contributed by atoms with Gasteiger partial charge in [-0.05, 0) is 68.7 Å². The van der Waals surface area contributed by atoms with Gasteiger partial charge in [0.05, 0.1) is 38.6 Å². The molecular weight excluding hydrogens is 326 g/mol. The van der Waals surface area contributed by atoms with Gasteiger partial charge >= 0.3 is 0 Å². The van der Waals surface area contributed by atoms with Crippen molar-refractivity contribution in [2.75, 3.05) is 53.2 Å². The van der Waals surface area contributed by atoms with E-state index in [1.54, 1.807) is 0 Å². The highest BCUT2D eigenvalue weighted by Gasteiger charge is 2.56. The number of rotatable bonds is 12. The van der Waals surface area contributed by atoms with Crippen LogP contribution in [0.1, 0.15) is 59.3 Å². The Morgan fingerprint density at radius 2 is 1.54 bits per heavy atom. The average Bonchev–Trinajstić information content (AvgIpc) is 2.50. The molecule has 4 saturated carbocycles. The molecular formula is C22H41NO3. The van der Waals surface area contributed by atoms with Crippen molar-refractivity contribution in [1.82, 2.24) is 4.90 Å². The van der Waals surface area contributed by atoms with Crippen molar-refractivity contribution < 1.29 is 14.2 Å². The van der Waals surface area contributed by atoms with Crippen molar-refractivity contribution in [3.8, 4) is 0 Å². The van der Waals surface area contributed by atoms with Gasteiger partial charge in [0.25, 0.3) is 0 Å². The summed E-state index contributed by atoms with van der Waals surface area (Å²) in [6.07, 6.45) is 8.21. The Hall–Kier alpha value is -0.160. The lowest BCUT2D eigenvalue weighted by molar-refractivity contribution is -0.193. The first-order valence-corrected chi connectivity index (χ1v) is 10.9. The first-order chi connectivity index (χ1) is 12.4. The van der Waals surface area contributed by atoms with E-state index >= 15 is 0 Å². The van der Waals surface area contributed by atoms with Crippen LogP contribution in [0.2, 0.25) is 0 Å². The fraction of sp³-hybridized carbons (Fsp3) is 1.00. The van der Waals surface area contributed by atoms with E-state index in [0.717, 1.165) is 38.1 Å². The minimum Gasteiger partial charge on any atom is -0.378 e. The Kier molecular flexibility index (Phi) is 7.04. The normalized spacial score (nSPS) is 35.8. The standard InChI is InChI=1S/C22H41NO3/c1-18(2)16-23(4)5-6-24-7-8-25-9-10-26-22-14-19-11-20(15-22)13-21(3,12-19)17-22/h18-20H,5-17H2,1-4H3. The topological polar surface area (TPSA) is 30.9 Å². The van der Waals surface area contributed by atoms with Gasteiger partial charge in [0, 0.05) is 13.1 Å². The highest BCUT2D eigenvalue weighted by atomic mass is 16.5. The van der Waals surface area contributed by atoms with Crippen molar-refractivity contribution in [3.05, 3.63) is 0 Å². The molecule has 0 aromatic carbocycles. The van der Waals surface area contributed by atoms with Crippen LogP contribution in [0.4, 0.5) is 0 Å². The highest BCUT2D eigenvalue weighted by molar-refractivity contribution is 5.07. The van der Waals surface area contributed by atoms with E-state index < -0.39 is 0 Å². The van der Waals surface area contributed by atoms with Gasteiger partial charge in [-0.25, -0.2) is 0 Å². The fourth-order valence-electron chi connectivity index (χ4n) is 6.37. The molecule has 0 aliphatic heterocycles. The zero-order valence-electron chi connectivity index (χ0n) is 17.6. The van der Waals surface area contributed by atoms with E-state index in [4.69, 9.17) is 14.2 Å². The lowest BCUT2D eigenvalue weighted by Gasteiger charge is -2.60. The lowest BCUT2D eigenvalue weighted by atomic mass is 9.48. The minimum absolute atomic E-state index is 0.180. The lowest BCUT2D eigenvalue weighted by Crippen LogP contribution is -2.56. The molecule has 0 radical (unpaired) electrons. The van der Waals surface area contributed by atoms with Gasteiger partial charge in [-0.15, -0.1) is 0 Å². The maximum Gasteiger partial charge on any atom is 0.0708 e. The molecule has 152 valence electrons. The molecule has 26 heavy (non-hydrogen) atoms. The molecule has 0 amide bonds. The SMILES string of the molecule is CC(C)CN(C)CCOCCOCCOC12CC3CC(CC(C)(C3)C1)C2. The molecule has 4 aliphatic rings. The van der Waals surface area contributed by atoms with Gasteiger partial charge < -0.3 is 19.1 Å². The van der Waals surface area contributed by atoms with Gasteiger partial charge in [0.1, 0.15) is 0 Å². The van der Waals surface area contributed by atoms with E-state index in [2.05, 4.69) is 32.7 Å². The molecule has 4 nitrogen and oxygen atoms in total. The molecule has 4 fully saturated rings. The third-order valence-corrected chi connectivity index (χ3v) is 6.60. The average molecular weight is 368 g/mol. The first-order valence-electron chi connectivity index (χ1n) is 10.9. The fourth-order valence-corrected chi connectivity index (χ4v) is 6.37. The predicted octanol–water partition coefficient (Wildman–Crippen LogP) is 3.98. The number of likely N-dealkylation sites (N-methyl/N-ethyl adjacent to an activating group) is 1. The molecule has 2 unspecified atom stereocenters.